The fourth-order valence-corrected chi connectivity index (χ4v) is 2.72. The molecule has 0 fully saturated rings. The van der Waals surface area contributed by atoms with E-state index in [0.717, 1.165) is 0 Å². The lowest BCUT2D eigenvalue weighted by Crippen LogP contribution is -2.12. The fraction of sp³-hybridized carbons (Fsp3) is 0. The number of nitrogen functional groups attached to an aromatic ring is 1. The Kier molecular flexibility index (Phi) is 4.55. The molecule has 2 rings (SSSR count). The Balaban J connectivity index is 2.47. The number of hydrogen-bond acceptors (Lipinski definition) is 4. The molecule has 0 aliphatic heterocycles. The Morgan fingerprint density at radius 2 is 1.52 bits per heavy atom. The molecule has 21 heavy (non-hydrogen) atoms. The summed E-state index contributed by atoms with van der Waals surface area (Å²) in [6.07, 6.45) is 0. The highest BCUT2D eigenvalue weighted by Gasteiger charge is 2.12. The smallest absolute Gasteiger partial charge is 0.238 e. The van der Waals surface area contributed by atoms with Crippen molar-refractivity contribution in [2.24, 2.45) is 5.14 Å². The molecular formula is C12H10Cl3N3O2S. The van der Waals surface area contributed by atoms with Crippen LogP contribution >= 0.6 is 34.8 Å². The van der Waals surface area contributed by atoms with E-state index in [9.17, 15) is 8.42 Å². The van der Waals surface area contributed by atoms with Gasteiger partial charge in [-0.2, -0.15) is 0 Å². The number of rotatable bonds is 3. The van der Waals surface area contributed by atoms with Gasteiger partial charge < -0.3 is 11.1 Å². The van der Waals surface area contributed by atoms with Crippen molar-refractivity contribution in [3.63, 3.8) is 0 Å². The summed E-state index contributed by atoms with van der Waals surface area (Å²) in [5.41, 5.74) is 6.89. The lowest BCUT2D eigenvalue weighted by molar-refractivity contribution is 0.598. The van der Waals surface area contributed by atoms with Crippen LogP contribution in [-0.2, 0) is 10.0 Å². The van der Waals surface area contributed by atoms with Crippen LogP contribution in [0.3, 0.4) is 0 Å². The van der Waals surface area contributed by atoms with Crippen molar-refractivity contribution in [3.05, 3.63) is 45.4 Å². The zero-order valence-corrected chi connectivity index (χ0v) is 13.5. The molecular weight excluding hydrogens is 357 g/mol. The summed E-state index contributed by atoms with van der Waals surface area (Å²) < 4.78 is 22.7. The number of anilines is 3. The Labute approximate surface area is 136 Å². The van der Waals surface area contributed by atoms with E-state index in [1.165, 1.54) is 30.3 Å². The quantitative estimate of drug-likeness (QED) is 0.570. The number of hydrogen-bond donors (Lipinski definition) is 3. The molecule has 0 bridgehead atoms. The molecule has 0 saturated carbocycles. The minimum Gasteiger partial charge on any atom is -0.397 e. The molecule has 2 aromatic rings. The first-order valence-electron chi connectivity index (χ1n) is 5.52. The summed E-state index contributed by atoms with van der Waals surface area (Å²) in [7, 11) is -3.84. The van der Waals surface area contributed by atoms with Gasteiger partial charge in [-0.15, -0.1) is 0 Å². The minimum absolute atomic E-state index is 0.0737. The zero-order chi connectivity index (χ0) is 15.8. The van der Waals surface area contributed by atoms with E-state index >= 15 is 0 Å². The second-order valence-electron chi connectivity index (χ2n) is 4.17. The van der Waals surface area contributed by atoms with Gasteiger partial charge in [-0.3, -0.25) is 0 Å². The molecule has 5 nitrogen and oxygen atoms in total. The zero-order valence-electron chi connectivity index (χ0n) is 10.4. The van der Waals surface area contributed by atoms with Gasteiger partial charge in [0.15, 0.2) is 0 Å². The fourth-order valence-electron chi connectivity index (χ4n) is 1.58. The average molecular weight is 367 g/mol. The van der Waals surface area contributed by atoms with Crippen LogP contribution in [-0.4, -0.2) is 8.42 Å². The van der Waals surface area contributed by atoms with Crippen molar-refractivity contribution in [2.45, 2.75) is 4.90 Å². The van der Waals surface area contributed by atoms with E-state index in [-0.39, 0.29) is 4.90 Å². The molecule has 0 amide bonds. The first kappa shape index (κ1) is 16.2. The Morgan fingerprint density at radius 1 is 0.905 bits per heavy atom. The van der Waals surface area contributed by atoms with E-state index in [2.05, 4.69) is 5.32 Å². The van der Waals surface area contributed by atoms with E-state index in [1.807, 2.05) is 0 Å². The predicted octanol–water partition coefficient (Wildman–Crippen LogP) is 3.62. The van der Waals surface area contributed by atoms with E-state index in [4.69, 9.17) is 45.7 Å². The van der Waals surface area contributed by atoms with Crippen LogP contribution in [0.2, 0.25) is 15.1 Å². The Morgan fingerprint density at radius 3 is 2.14 bits per heavy atom. The highest BCUT2D eigenvalue weighted by atomic mass is 35.5. The third kappa shape index (κ3) is 3.72. The van der Waals surface area contributed by atoms with Gasteiger partial charge in [-0.1, -0.05) is 34.8 Å². The normalized spacial score (nSPS) is 11.4. The van der Waals surface area contributed by atoms with Crippen molar-refractivity contribution < 1.29 is 8.42 Å². The molecule has 0 saturated heterocycles. The molecule has 0 aliphatic rings. The largest absolute Gasteiger partial charge is 0.397 e. The molecule has 0 aliphatic carbocycles. The maximum absolute atomic E-state index is 11.4. The second-order valence-corrected chi connectivity index (χ2v) is 6.95. The van der Waals surface area contributed by atoms with E-state index in [0.29, 0.717) is 32.1 Å². The Bertz CT molecular complexity index is 810. The number of sulfonamides is 1. The molecule has 5 N–H and O–H groups in total. The van der Waals surface area contributed by atoms with Crippen LogP contribution in [0.1, 0.15) is 0 Å². The maximum atomic E-state index is 11.4. The van der Waals surface area contributed by atoms with Crippen molar-refractivity contribution in [3.8, 4) is 0 Å². The molecule has 0 radical (unpaired) electrons. The van der Waals surface area contributed by atoms with Crippen molar-refractivity contribution in [2.75, 3.05) is 11.1 Å². The number of benzene rings is 2. The average Bonchev–Trinajstić information content (AvgIpc) is 2.37. The number of nitrogens with one attached hydrogen (secondary N) is 1. The lowest BCUT2D eigenvalue weighted by atomic mass is 10.2. The molecule has 0 heterocycles. The van der Waals surface area contributed by atoms with E-state index in [1.54, 1.807) is 0 Å². The van der Waals surface area contributed by atoms with Crippen molar-refractivity contribution in [1.29, 1.82) is 0 Å². The van der Waals surface area contributed by atoms with Gasteiger partial charge >= 0.3 is 0 Å². The summed E-state index contributed by atoms with van der Waals surface area (Å²) in [4.78, 5) is -0.0737. The predicted molar refractivity (Wildman–Crippen MR) is 87.0 cm³/mol. The minimum atomic E-state index is -3.84. The first-order valence-corrected chi connectivity index (χ1v) is 8.20. The van der Waals surface area contributed by atoms with Gasteiger partial charge in [0, 0.05) is 0 Å². The van der Waals surface area contributed by atoms with Crippen molar-refractivity contribution >= 4 is 61.9 Å². The molecule has 9 heteroatoms. The number of halogens is 3. The molecule has 0 unspecified atom stereocenters. The maximum Gasteiger partial charge on any atom is 0.238 e. The summed E-state index contributed by atoms with van der Waals surface area (Å²) in [6.45, 7) is 0. The Hall–Kier alpha value is -1.18. The highest BCUT2D eigenvalue weighted by molar-refractivity contribution is 7.89. The van der Waals surface area contributed by atoms with E-state index < -0.39 is 10.0 Å². The number of primary sulfonamides is 1. The van der Waals surface area contributed by atoms with Crippen molar-refractivity contribution in [1.82, 2.24) is 0 Å². The van der Waals surface area contributed by atoms with Crippen LogP contribution in [0.15, 0.2) is 35.2 Å². The highest BCUT2D eigenvalue weighted by Crippen LogP contribution is 2.35. The van der Waals surface area contributed by atoms with Crippen LogP contribution in [0.25, 0.3) is 0 Å². The monoisotopic (exact) mass is 365 g/mol. The molecule has 0 atom stereocenters. The SMILES string of the molecule is Nc1ccc(S(N)(=O)=O)cc1Nc1cc(Cl)c(Cl)cc1Cl. The molecule has 0 spiro atoms. The van der Waals surface area contributed by atoms with Gasteiger partial charge in [-0.25, -0.2) is 13.6 Å². The summed E-state index contributed by atoms with van der Waals surface area (Å²) >= 11 is 17.8. The second kappa shape index (κ2) is 5.90. The summed E-state index contributed by atoms with van der Waals surface area (Å²) in [5, 5.41) is 8.89. The third-order valence-corrected chi connectivity index (χ3v) is 4.58. The van der Waals surface area contributed by atoms with Gasteiger partial charge in [-0.05, 0) is 30.3 Å². The van der Waals surface area contributed by atoms with Crippen LogP contribution in [0.4, 0.5) is 17.1 Å². The summed E-state index contributed by atoms with van der Waals surface area (Å²) in [5.74, 6) is 0. The topological polar surface area (TPSA) is 98.2 Å². The molecule has 2 aromatic carbocycles. The van der Waals surface area contributed by atoms with Gasteiger partial charge in [0.1, 0.15) is 0 Å². The summed E-state index contributed by atoms with van der Waals surface area (Å²) in [6, 6.07) is 7.02. The third-order valence-electron chi connectivity index (χ3n) is 2.63. The lowest BCUT2D eigenvalue weighted by Gasteiger charge is -2.13. The van der Waals surface area contributed by atoms with Crippen LogP contribution in [0, 0.1) is 0 Å². The molecule has 112 valence electrons. The van der Waals surface area contributed by atoms with Gasteiger partial charge in [0.05, 0.1) is 37.0 Å². The molecule has 0 aromatic heterocycles. The van der Waals surface area contributed by atoms with Crippen LogP contribution < -0.4 is 16.2 Å². The first-order chi connectivity index (χ1) is 9.68. The van der Waals surface area contributed by atoms with Gasteiger partial charge in [0.25, 0.3) is 0 Å². The van der Waals surface area contributed by atoms with Gasteiger partial charge in [0.2, 0.25) is 10.0 Å². The van der Waals surface area contributed by atoms with Crippen LogP contribution in [0.5, 0.6) is 0 Å². The standard InChI is InChI=1S/C12H10Cl3N3O2S/c13-7-4-9(15)11(5-8(7)14)18-12-3-6(21(17,19)20)1-2-10(12)16/h1-5,18H,16H2,(H2,17,19,20). The number of nitrogens with two attached hydrogens (primary N) is 2.